The van der Waals surface area contributed by atoms with Gasteiger partial charge in [0, 0.05) is 17.3 Å². The van der Waals surface area contributed by atoms with Gasteiger partial charge in [0.05, 0.1) is 23.6 Å². The van der Waals surface area contributed by atoms with Crippen LogP contribution in [0.15, 0.2) is 83.8 Å². The van der Waals surface area contributed by atoms with E-state index in [1.807, 2.05) is 6.07 Å². The van der Waals surface area contributed by atoms with Crippen molar-refractivity contribution < 1.29 is 22.7 Å². The molecule has 0 aliphatic rings. The molecule has 0 heterocycles. The summed E-state index contributed by atoms with van der Waals surface area (Å²) >= 11 is 5.89. The monoisotopic (exact) mass is 486 g/mol. The third kappa shape index (κ3) is 6.64. The number of hydrogen-bond donors (Lipinski definition) is 1. The third-order valence-electron chi connectivity index (χ3n) is 4.65. The van der Waals surface area contributed by atoms with E-state index in [0.717, 1.165) is 9.87 Å². The number of anilines is 1. The summed E-state index contributed by atoms with van der Waals surface area (Å²) in [4.78, 5) is 24.5. The quantitative estimate of drug-likeness (QED) is 0.454. The van der Waals surface area contributed by atoms with Crippen molar-refractivity contribution in [1.82, 2.24) is 4.31 Å². The first-order valence-electron chi connectivity index (χ1n) is 10.2. The summed E-state index contributed by atoms with van der Waals surface area (Å²) in [6.07, 6.45) is 0. The zero-order valence-corrected chi connectivity index (χ0v) is 19.5. The molecule has 0 atom stereocenters. The highest BCUT2D eigenvalue weighted by Gasteiger charge is 2.27. The Kier molecular flexibility index (Phi) is 8.21. The molecular weight excluding hydrogens is 464 g/mol. The highest BCUT2D eigenvalue weighted by atomic mass is 35.5. The predicted molar refractivity (Wildman–Crippen MR) is 127 cm³/mol. The Morgan fingerprint density at radius 2 is 1.58 bits per heavy atom. The molecule has 3 aromatic carbocycles. The normalized spacial score (nSPS) is 11.2. The molecule has 7 nitrogen and oxygen atoms in total. The molecular formula is C24H23ClN2O5S. The van der Waals surface area contributed by atoms with Gasteiger partial charge in [-0.15, -0.1) is 0 Å². The molecule has 0 spiro atoms. The highest BCUT2D eigenvalue weighted by molar-refractivity contribution is 7.89. The minimum absolute atomic E-state index is 0.0149. The predicted octanol–water partition coefficient (Wildman–Crippen LogP) is 4.35. The minimum Gasteiger partial charge on any atom is -0.462 e. The van der Waals surface area contributed by atoms with Gasteiger partial charge in [-0.05, 0) is 61.0 Å². The molecule has 0 radical (unpaired) electrons. The SMILES string of the molecule is CCOC(=O)c1ccc(NC(=O)CN(Cc2ccccc2)S(=O)(=O)c2ccc(Cl)cc2)cc1. The van der Waals surface area contributed by atoms with Gasteiger partial charge in [-0.25, -0.2) is 13.2 Å². The van der Waals surface area contributed by atoms with E-state index in [9.17, 15) is 18.0 Å². The maximum absolute atomic E-state index is 13.3. The van der Waals surface area contributed by atoms with Gasteiger partial charge < -0.3 is 10.1 Å². The fourth-order valence-corrected chi connectivity index (χ4v) is 4.54. The Labute approximate surface area is 198 Å². The van der Waals surface area contributed by atoms with Crippen LogP contribution >= 0.6 is 11.6 Å². The third-order valence-corrected chi connectivity index (χ3v) is 6.71. The van der Waals surface area contributed by atoms with Gasteiger partial charge in [-0.2, -0.15) is 4.31 Å². The number of nitrogens with zero attached hydrogens (tertiary/aromatic N) is 1. The van der Waals surface area contributed by atoms with E-state index >= 15 is 0 Å². The summed E-state index contributed by atoms with van der Waals surface area (Å²) in [6.45, 7) is 1.59. The summed E-state index contributed by atoms with van der Waals surface area (Å²) in [5.74, 6) is -0.981. The lowest BCUT2D eigenvalue weighted by atomic mass is 10.2. The Morgan fingerprint density at radius 1 is 0.939 bits per heavy atom. The second kappa shape index (κ2) is 11.1. The maximum Gasteiger partial charge on any atom is 0.338 e. The average molecular weight is 487 g/mol. The first-order valence-corrected chi connectivity index (χ1v) is 12.0. The van der Waals surface area contributed by atoms with Gasteiger partial charge in [-0.1, -0.05) is 41.9 Å². The van der Waals surface area contributed by atoms with Crippen molar-refractivity contribution in [2.75, 3.05) is 18.5 Å². The number of carbonyl (C=O) groups is 2. The van der Waals surface area contributed by atoms with Crippen LogP contribution in [0.1, 0.15) is 22.8 Å². The number of esters is 1. The molecule has 172 valence electrons. The number of sulfonamides is 1. The van der Waals surface area contributed by atoms with Crippen LogP contribution in [0.4, 0.5) is 5.69 Å². The van der Waals surface area contributed by atoms with E-state index in [1.165, 1.54) is 36.4 Å². The van der Waals surface area contributed by atoms with Gasteiger partial charge in [0.15, 0.2) is 0 Å². The molecule has 0 bridgehead atoms. The number of rotatable bonds is 9. The van der Waals surface area contributed by atoms with Crippen LogP contribution in [0.25, 0.3) is 0 Å². The number of carbonyl (C=O) groups excluding carboxylic acids is 2. The summed E-state index contributed by atoms with van der Waals surface area (Å²) in [5.41, 5.74) is 1.52. The second-order valence-electron chi connectivity index (χ2n) is 7.06. The van der Waals surface area contributed by atoms with E-state index in [0.29, 0.717) is 16.3 Å². The molecule has 9 heteroatoms. The second-order valence-corrected chi connectivity index (χ2v) is 9.43. The lowest BCUT2D eigenvalue weighted by molar-refractivity contribution is -0.116. The van der Waals surface area contributed by atoms with Gasteiger partial charge in [0.2, 0.25) is 15.9 Å². The lowest BCUT2D eigenvalue weighted by Gasteiger charge is -2.22. The van der Waals surface area contributed by atoms with Crippen molar-refractivity contribution >= 4 is 39.2 Å². The van der Waals surface area contributed by atoms with Crippen LogP contribution in [-0.4, -0.2) is 37.8 Å². The first kappa shape index (κ1) is 24.4. The average Bonchev–Trinajstić information content (AvgIpc) is 2.80. The summed E-state index contributed by atoms with van der Waals surface area (Å²) in [5, 5.41) is 3.08. The molecule has 0 saturated heterocycles. The molecule has 33 heavy (non-hydrogen) atoms. The first-order chi connectivity index (χ1) is 15.8. The zero-order valence-electron chi connectivity index (χ0n) is 17.9. The maximum atomic E-state index is 13.3. The summed E-state index contributed by atoms with van der Waals surface area (Å²) in [7, 11) is -3.97. The molecule has 1 amide bonds. The van der Waals surface area contributed by atoms with Crippen LogP contribution in [0.2, 0.25) is 5.02 Å². The fourth-order valence-electron chi connectivity index (χ4n) is 3.03. The van der Waals surface area contributed by atoms with E-state index in [1.54, 1.807) is 43.3 Å². The van der Waals surface area contributed by atoms with Crippen molar-refractivity contribution in [3.8, 4) is 0 Å². The number of benzene rings is 3. The minimum atomic E-state index is -3.97. The topological polar surface area (TPSA) is 92.8 Å². The van der Waals surface area contributed by atoms with E-state index in [-0.39, 0.29) is 18.0 Å². The van der Waals surface area contributed by atoms with Crippen molar-refractivity contribution in [3.63, 3.8) is 0 Å². The van der Waals surface area contributed by atoms with Crippen LogP contribution in [0.3, 0.4) is 0 Å². The van der Waals surface area contributed by atoms with Crippen molar-refractivity contribution in [1.29, 1.82) is 0 Å². The lowest BCUT2D eigenvalue weighted by Crippen LogP contribution is -2.37. The van der Waals surface area contributed by atoms with Crippen LogP contribution in [0, 0.1) is 0 Å². The van der Waals surface area contributed by atoms with Crippen molar-refractivity contribution in [2.24, 2.45) is 0 Å². The van der Waals surface area contributed by atoms with E-state index in [2.05, 4.69) is 5.32 Å². The summed E-state index contributed by atoms with van der Waals surface area (Å²) < 4.78 is 32.6. The Morgan fingerprint density at radius 3 is 2.18 bits per heavy atom. The number of nitrogens with one attached hydrogen (secondary N) is 1. The van der Waals surface area contributed by atoms with Gasteiger partial charge in [0.1, 0.15) is 0 Å². The molecule has 0 fully saturated rings. The Balaban J connectivity index is 1.78. The Bertz CT molecular complexity index is 1200. The number of hydrogen-bond acceptors (Lipinski definition) is 5. The largest absolute Gasteiger partial charge is 0.462 e. The summed E-state index contributed by atoms with van der Waals surface area (Å²) in [6, 6.07) is 20.9. The van der Waals surface area contributed by atoms with E-state index < -0.39 is 28.4 Å². The van der Waals surface area contributed by atoms with Crippen LogP contribution < -0.4 is 5.32 Å². The van der Waals surface area contributed by atoms with Gasteiger partial charge in [-0.3, -0.25) is 4.79 Å². The molecule has 0 aliphatic carbocycles. The van der Waals surface area contributed by atoms with E-state index in [4.69, 9.17) is 16.3 Å². The van der Waals surface area contributed by atoms with Crippen LogP contribution in [-0.2, 0) is 26.1 Å². The molecule has 3 rings (SSSR count). The molecule has 0 saturated carbocycles. The zero-order chi connectivity index (χ0) is 23.8. The number of amides is 1. The molecule has 3 aromatic rings. The van der Waals surface area contributed by atoms with Crippen molar-refractivity contribution in [2.45, 2.75) is 18.4 Å². The molecule has 0 unspecified atom stereocenters. The van der Waals surface area contributed by atoms with Crippen molar-refractivity contribution in [3.05, 3.63) is 95.0 Å². The van der Waals surface area contributed by atoms with Crippen LogP contribution in [0.5, 0.6) is 0 Å². The van der Waals surface area contributed by atoms with Gasteiger partial charge in [0.25, 0.3) is 0 Å². The highest BCUT2D eigenvalue weighted by Crippen LogP contribution is 2.21. The molecule has 0 aliphatic heterocycles. The standard InChI is InChI=1S/C24H23ClN2O5S/c1-2-32-24(29)19-8-12-21(13-9-19)26-23(28)17-27(16-18-6-4-3-5-7-18)33(30,31)22-14-10-20(25)11-15-22/h3-15H,2,16-17H2,1H3,(H,26,28). The number of ether oxygens (including phenoxy) is 1. The van der Waals surface area contributed by atoms with Gasteiger partial charge >= 0.3 is 5.97 Å². The fraction of sp³-hybridized carbons (Fsp3) is 0.167. The Hall–Kier alpha value is -3.20. The number of halogens is 1. The molecule has 1 N–H and O–H groups in total. The smallest absolute Gasteiger partial charge is 0.338 e. The molecule has 0 aromatic heterocycles.